The number of imidazole rings is 1. The van der Waals surface area contributed by atoms with Crippen LogP contribution in [-0.2, 0) is 0 Å². The summed E-state index contributed by atoms with van der Waals surface area (Å²) >= 11 is 0. The molecule has 0 fully saturated rings. The molecule has 0 aromatic carbocycles. The van der Waals surface area contributed by atoms with E-state index in [1.54, 1.807) is 12.5 Å². The Hall–Kier alpha value is -1.12. The van der Waals surface area contributed by atoms with Gasteiger partial charge in [0.2, 0.25) is 0 Å². The minimum Gasteiger partial charge on any atom is -0.334 e. The largest absolute Gasteiger partial charge is 0.334 e. The van der Waals surface area contributed by atoms with Crippen LogP contribution in [0.15, 0.2) is 12.5 Å². The summed E-state index contributed by atoms with van der Waals surface area (Å²) < 4.78 is 1.99. The van der Waals surface area contributed by atoms with Crippen LogP contribution >= 0.6 is 0 Å². The molecule has 0 saturated heterocycles. The lowest BCUT2D eigenvalue weighted by atomic mass is 10.1. The zero-order chi connectivity index (χ0) is 9.84. The standard InChI is InChI=1S/C10H16N2O/c1-8(2)4-9(3)12-5-10(6-13)11-7-12/h5-9H,4H2,1-3H3/t9-/m0/s1. The minimum absolute atomic E-state index is 0.418. The number of aromatic nitrogens is 2. The van der Waals surface area contributed by atoms with E-state index >= 15 is 0 Å². The molecule has 0 aliphatic heterocycles. The van der Waals surface area contributed by atoms with Crippen molar-refractivity contribution in [1.29, 1.82) is 0 Å². The lowest BCUT2D eigenvalue weighted by Gasteiger charge is -2.14. The van der Waals surface area contributed by atoms with E-state index in [9.17, 15) is 4.79 Å². The van der Waals surface area contributed by atoms with Crippen molar-refractivity contribution in [3.63, 3.8) is 0 Å². The van der Waals surface area contributed by atoms with Crippen molar-refractivity contribution in [1.82, 2.24) is 9.55 Å². The molecule has 72 valence electrons. The Balaban J connectivity index is 2.65. The maximum atomic E-state index is 10.4. The molecule has 3 heteroatoms. The zero-order valence-corrected chi connectivity index (χ0v) is 8.40. The lowest BCUT2D eigenvalue weighted by molar-refractivity contribution is 0.111. The molecule has 0 radical (unpaired) electrons. The summed E-state index contributed by atoms with van der Waals surface area (Å²) in [4.78, 5) is 14.3. The number of carbonyl (C=O) groups excluding carboxylic acids is 1. The first-order valence-electron chi connectivity index (χ1n) is 4.62. The molecule has 0 aliphatic rings. The molecule has 0 unspecified atom stereocenters. The van der Waals surface area contributed by atoms with Crippen LogP contribution < -0.4 is 0 Å². The van der Waals surface area contributed by atoms with Crippen LogP contribution in [0.3, 0.4) is 0 Å². The fourth-order valence-electron chi connectivity index (χ4n) is 1.46. The van der Waals surface area contributed by atoms with Gasteiger partial charge in [-0.1, -0.05) is 13.8 Å². The van der Waals surface area contributed by atoms with Crippen molar-refractivity contribution in [3.05, 3.63) is 18.2 Å². The molecule has 13 heavy (non-hydrogen) atoms. The van der Waals surface area contributed by atoms with Crippen LogP contribution in [0, 0.1) is 5.92 Å². The average molecular weight is 180 g/mol. The zero-order valence-electron chi connectivity index (χ0n) is 8.40. The predicted octanol–water partition coefficient (Wildman–Crippen LogP) is 2.30. The van der Waals surface area contributed by atoms with Gasteiger partial charge in [0.15, 0.2) is 6.29 Å². The third-order valence-corrected chi connectivity index (χ3v) is 2.06. The van der Waals surface area contributed by atoms with Crippen molar-refractivity contribution >= 4 is 6.29 Å². The fourth-order valence-corrected chi connectivity index (χ4v) is 1.46. The molecule has 0 spiro atoms. The van der Waals surface area contributed by atoms with Crippen molar-refractivity contribution < 1.29 is 4.79 Å². The number of rotatable bonds is 4. The monoisotopic (exact) mass is 180 g/mol. The Morgan fingerprint density at radius 3 is 2.69 bits per heavy atom. The van der Waals surface area contributed by atoms with Gasteiger partial charge < -0.3 is 4.57 Å². The highest BCUT2D eigenvalue weighted by atomic mass is 16.1. The molecule has 1 aromatic heterocycles. The van der Waals surface area contributed by atoms with Crippen molar-refractivity contribution in [3.8, 4) is 0 Å². The van der Waals surface area contributed by atoms with Gasteiger partial charge in [0.05, 0.1) is 6.33 Å². The highest BCUT2D eigenvalue weighted by Gasteiger charge is 2.07. The predicted molar refractivity (Wildman–Crippen MR) is 51.8 cm³/mol. The molecule has 0 aliphatic carbocycles. The quantitative estimate of drug-likeness (QED) is 0.666. The molecular formula is C10H16N2O. The van der Waals surface area contributed by atoms with E-state index in [0.29, 0.717) is 17.7 Å². The third kappa shape index (κ3) is 2.68. The van der Waals surface area contributed by atoms with E-state index in [1.807, 2.05) is 4.57 Å². The molecule has 0 amide bonds. The van der Waals surface area contributed by atoms with Crippen LogP contribution in [0.4, 0.5) is 0 Å². The molecule has 3 nitrogen and oxygen atoms in total. The number of carbonyl (C=O) groups is 1. The minimum atomic E-state index is 0.418. The van der Waals surface area contributed by atoms with E-state index < -0.39 is 0 Å². The normalized spacial score (nSPS) is 13.2. The van der Waals surface area contributed by atoms with Gasteiger partial charge in [0.25, 0.3) is 0 Å². The number of aldehydes is 1. The van der Waals surface area contributed by atoms with Gasteiger partial charge in [-0.15, -0.1) is 0 Å². The van der Waals surface area contributed by atoms with E-state index in [-0.39, 0.29) is 0 Å². The van der Waals surface area contributed by atoms with Crippen LogP contribution in [0.25, 0.3) is 0 Å². The Labute approximate surface area is 78.8 Å². The Morgan fingerprint density at radius 1 is 1.54 bits per heavy atom. The summed E-state index contributed by atoms with van der Waals surface area (Å²) in [5.41, 5.74) is 0.510. The number of hydrogen-bond donors (Lipinski definition) is 0. The van der Waals surface area contributed by atoms with Gasteiger partial charge in [0, 0.05) is 12.2 Å². The molecular weight excluding hydrogens is 164 g/mol. The van der Waals surface area contributed by atoms with E-state index in [1.165, 1.54) is 0 Å². The average Bonchev–Trinajstić information content (AvgIpc) is 2.50. The molecule has 0 saturated carbocycles. The van der Waals surface area contributed by atoms with E-state index in [0.717, 1.165) is 12.7 Å². The van der Waals surface area contributed by atoms with Crippen molar-refractivity contribution in [2.45, 2.75) is 33.2 Å². The first-order chi connectivity index (χ1) is 6.13. The van der Waals surface area contributed by atoms with Gasteiger partial charge >= 0.3 is 0 Å². The Kier molecular flexibility index (Phi) is 3.23. The lowest BCUT2D eigenvalue weighted by Crippen LogP contribution is -2.05. The first-order valence-corrected chi connectivity index (χ1v) is 4.62. The second kappa shape index (κ2) is 4.21. The van der Waals surface area contributed by atoms with Crippen molar-refractivity contribution in [2.24, 2.45) is 5.92 Å². The summed E-state index contributed by atoms with van der Waals surface area (Å²) in [6.45, 7) is 6.51. The van der Waals surface area contributed by atoms with E-state index in [4.69, 9.17) is 0 Å². The van der Waals surface area contributed by atoms with Crippen LogP contribution in [0.5, 0.6) is 0 Å². The van der Waals surface area contributed by atoms with Gasteiger partial charge in [-0.05, 0) is 19.3 Å². The van der Waals surface area contributed by atoms with Crippen LogP contribution in [0.2, 0.25) is 0 Å². The SMILES string of the molecule is CC(C)C[C@H](C)n1cnc(C=O)c1. The van der Waals surface area contributed by atoms with Gasteiger partial charge in [0.1, 0.15) is 5.69 Å². The van der Waals surface area contributed by atoms with Crippen LogP contribution in [-0.4, -0.2) is 15.8 Å². The van der Waals surface area contributed by atoms with Gasteiger partial charge in [-0.3, -0.25) is 4.79 Å². The highest BCUT2D eigenvalue weighted by molar-refractivity contribution is 5.70. The smallest absolute Gasteiger partial charge is 0.169 e. The summed E-state index contributed by atoms with van der Waals surface area (Å²) in [5.74, 6) is 0.664. The molecule has 1 heterocycles. The summed E-state index contributed by atoms with van der Waals surface area (Å²) in [6, 6.07) is 0.418. The molecule has 1 rings (SSSR count). The molecule has 0 bridgehead atoms. The maximum Gasteiger partial charge on any atom is 0.169 e. The third-order valence-electron chi connectivity index (χ3n) is 2.06. The Morgan fingerprint density at radius 2 is 2.23 bits per heavy atom. The summed E-state index contributed by atoms with van der Waals surface area (Å²) in [7, 11) is 0. The highest BCUT2D eigenvalue weighted by Crippen LogP contribution is 2.16. The first kappa shape index (κ1) is 9.96. The van der Waals surface area contributed by atoms with E-state index in [2.05, 4.69) is 25.8 Å². The van der Waals surface area contributed by atoms with Gasteiger partial charge in [-0.25, -0.2) is 4.98 Å². The maximum absolute atomic E-state index is 10.4. The van der Waals surface area contributed by atoms with Crippen molar-refractivity contribution in [2.75, 3.05) is 0 Å². The Bertz CT molecular complexity index is 278. The summed E-state index contributed by atoms with van der Waals surface area (Å²) in [5, 5.41) is 0. The molecule has 1 atom stereocenters. The second-order valence-corrected chi connectivity index (χ2v) is 3.84. The second-order valence-electron chi connectivity index (χ2n) is 3.84. The fraction of sp³-hybridized carbons (Fsp3) is 0.600. The molecule has 1 aromatic rings. The number of hydrogen-bond acceptors (Lipinski definition) is 2. The number of nitrogens with zero attached hydrogens (tertiary/aromatic N) is 2. The summed E-state index contributed by atoms with van der Waals surface area (Å²) in [6.07, 6.45) is 5.39. The van der Waals surface area contributed by atoms with Crippen LogP contribution in [0.1, 0.15) is 43.7 Å². The molecule has 0 N–H and O–H groups in total. The topological polar surface area (TPSA) is 34.9 Å². The van der Waals surface area contributed by atoms with Gasteiger partial charge in [-0.2, -0.15) is 0 Å².